The van der Waals surface area contributed by atoms with E-state index in [1.165, 1.54) is 50.2 Å². The Labute approximate surface area is 191 Å². The zero-order chi connectivity index (χ0) is 25.3. The summed E-state index contributed by atoms with van der Waals surface area (Å²) in [4.78, 5) is 12.3. The highest BCUT2D eigenvalue weighted by atomic mass is 19.4. The number of halogens is 6. The zero-order valence-corrected chi connectivity index (χ0v) is 18.3. The van der Waals surface area contributed by atoms with Gasteiger partial charge in [-0.25, -0.2) is 4.79 Å². The molecule has 3 aromatic rings. The van der Waals surface area contributed by atoms with Crippen LogP contribution in [0.15, 0.2) is 66.7 Å². The van der Waals surface area contributed by atoms with Gasteiger partial charge in [0.1, 0.15) is 11.5 Å². The normalized spacial score (nSPS) is 12.4. The first kappa shape index (κ1) is 25.1. The molecule has 3 nitrogen and oxygen atoms in total. The summed E-state index contributed by atoms with van der Waals surface area (Å²) in [5.74, 6) is -2.07. The number of rotatable bonds is 5. The molecular formula is C25H20F6O3. The molecule has 0 fully saturated rings. The van der Waals surface area contributed by atoms with Gasteiger partial charge in [-0.2, -0.15) is 26.3 Å². The summed E-state index contributed by atoms with van der Waals surface area (Å²) in [6, 6.07) is 13.9. The molecule has 0 aliphatic rings. The molecule has 3 aromatic carbocycles. The fourth-order valence-electron chi connectivity index (χ4n) is 3.45. The first-order valence-electron chi connectivity index (χ1n) is 10.00. The molecule has 180 valence electrons. The number of carbonyl (C=O) groups excluding carboxylic acids is 1. The third kappa shape index (κ3) is 5.18. The second-order valence-corrected chi connectivity index (χ2v) is 8.00. The third-order valence-corrected chi connectivity index (χ3v) is 5.45. The van der Waals surface area contributed by atoms with Crippen LogP contribution in [0.5, 0.6) is 11.5 Å². The maximum atomic E-state index is 13.8. The van der Waals surface area contributed by atoms with Gasteiger partial charge in [0.05, 0.1) is 23.8 Å². The van der Waals surface area contributed by atoms with E-state index >= 15 is 0 Å². The highest BCUT2D eigenvalue weighted by molar-refractivity contribution is 5.91. The van der Waals surface area contributed by atoms with Crippen LogP contribution in [0.4, 0.5) is 26.3 Å². The molecule has 34 heavy (non-hydrogen) atoms. The SMILES string of the molecule is COc1ccc(C(C)(C)c2ccc(OC(=O)c3ccccc3)c(C(F)(F)F)c2)cc1C(F)(F)F. The molecule has 0 bridgehead atoms. The summed E-state index contributed by atoms with van der Waals surface area (Å²) in [7, 11) is 1.10. The van der Waals surface area contributed by atoms with E-state index in [4.69, 9.17) is 9.47 Å². The molecule has 0 heterocycles. The van der Waals surface area contributed by atoms with E-state index in [1.54, 1.807) is 6.07 Å². The quantitative estimate of drug-likeness (QED) is 0.218. The van der Waals surface area contributed by atoms with Crippen molar-refractivity contribution in [1.82, 2.24) is 0 Å². The van der Waals surface area contributed by atoms with Gasteiger partial charge in [-0.3, -0.25) is 0 Å². The summed E-state index contributed by atoms with van der Waals surface area (Å²) < 4.78 is 91.7. The van der Waals surface area contributed by atoms with Crippen molar-refractivity contribution >= 4 is 5.97 Å². The van der Waals surface area contributed by atoms with Gasteiger partial charge in [0, 0.05) is 5.41 Å². The van der Waals surface area contributed by atoms with Crippen LogP contribution in [0.3, 0.4) is 0 Å². The van der Waals surface area contributed by atoms with E-state index in [-0.39, 0.29) is 16.7 Å². The van der Waals surface area contributed by atoms with Crippen LogP contribution in [0, 0.1) is 0 Å². The highest BCUT2D eigenvalue weighted by Gasteiger charge is 2.39. The number of carbonyl (C=O) groups is 1. The first-order chi connectivity index (χ1) is 15.7. The Morgan fingerprint density at radius 2 is 1.18 bits per heavy atom. The molecule has 0 radical (unpaired) electrons. The number of esters is 1. The van der Waals surface area contributed by atoms with Gasteiger partial charge in [0.25, 0.3) is 0 Å². The summed E-state index contributed by atoms with van der Waals surface area (Å²) in [5, 5.41) is 0. The van der Waals surface area contributed by atoms with Crippen LogP contribution in [-0.4, -0.2) is 13.1 Å². The van der Waals surface area contributed by atoms with Gasteiger partial charge >= 0.3 is 18.3 Å². The van der Waals surface area contributed by atoms with Crippen molar-refractivity contribution in [3.8, 4) is 11.5 Å². The Kier molecular flexibility index (Phi) is 6.68. The number of benzene rings is 3. The van der Waals surface area contributed by atoms with Crippen molar-refractivity contribution < 1.29 is 40.6 Å². The maximum Gasteiger partial charge on any atom is 0.419 e. The minimum atomic E-state index is -4.88. The number of ether oxygens (including phenoxy) is 2. The average Bonchev–Trinajstić information content (AvgIpc) is 2.78. The number of methoxy groups -OCH3 is 1. The Hall–Kier alpha value is -3.49. The van der Waals surface area contributed by atoms with Crippen molar-refractivity contribution in [3.63, 3.8) is 0 Å². The van der Waals surface area contributed by atoms with Gasteiger partial charge in [-0.1, -0.05) is 44.2 Å². The summed E-state index contributed by atoms with van der Waals surface area (Å²) in [6.07, 6.45) is -9.60. The van der Waals surface area contributed by atoms with Crippen LogP contribution in [0.2, 0.25) is 0 Å². The summed E-state index contributed by atoms with van der Waals surface area (Å²) in [6.45, 7) is 3.00. The van der Waals surface area contributed by atoms with Crippen molar-refractivity contribution in [3.05, 3.63) is 94.5 Å². The highest BCUT2D eigenvalue weighted by Crippen LogP contribution is 2.43. The van der Waals surface area contributed by atoms with Crippen molar-refractivity contribution in [1.29, 1.82) is 0 Å². The minimum Gasteiger partial charge on any atom is -0.496 e. The molecule has 0 unspecified atom stereocenters. The zero-order valence-electron chi connectivity index (χ0n) is 18.3. The molecule has 0 N–H and O–H groups in total. The van der Waals surface area contributed by atoms with Crippen LogP contribution < -0.4 is 9.47 Å². The molecule has 0 amide bonds. The van der Waals surface area contributed by atoms with Crippen LogP contribution in [0.1, 0.15) is 46.5 Å². The van der Waals surface area contributed by atoms with Crippen molar-refractivity contribution in [2.75, 3.05) is 7.11 Å². The fraction of sp³-hybridized carbons (Fsp3) is 0.240. The van der Waals surface area contributed by atoms with Gasteiger partial charge in [-0.15, -0.1) is 0 Å². The lowest BCUT2D eigenvalue weighted by Gasteiger charge is -2.28. The average molecular weight is 482 g/mol. The van der Waals surface area contributed by atoms with Gasteiger partial charge < -0.3 is 9.47 Å². The monoisotopic (exact) mass is 482 g/mol. The Bertz CT molecular complexity index is 1180. The molecule has 0 aromatic heterocycles. The van der Waals surface area contributed by atoms with Crippen LogP contribution in [-0.2, 0) is 17.8 Å². The standard InChI is InChI=1S/C25H20F6O3/c1-23(2,16-9-11-20(33-3)18(13-16)24(26,27)28)17-10-12-21(19(14-17)25(29,30)31)34-22(32)15-7-5-4-6-8-15/h4-14H,1-3H3. The largest absolute Gasteiger partial charge is 0.496 e. The molecule has 0 atom stereocenters. The van der Waals surface area contributed by atoms with E-state index < -0.39 is 46.4 Å². The number of hydrogen-bond donors (Lipinski definition) is 0. The smallest absolute Gasteiger partial charge is 0.419 e. The first-order valence-corrected chi connectivity index (χ1v) is 10.00. The lowest BCUT2D eigenvalue weighted by Crippen LogP contribution is -2.22. The van der Waals surface area contributed by atoms with E-state index in [2.05, 4.69) is 0 Å². The molecule has 0 spiro atoms. The second kappa shape index (κ2) is 9.04. The van der Waals surface area contributed by atoms with Gasteiger partial charge in [0.2, 0.25) is 0 Å². The summed E-state index contributed by atoms with van der Waals surface area (Å²) in [5.41, 5.74) is -3.23. The number of hydrogen-bond acceptors (Lipinski definition) is 3. The fourth-order valence-corrected chi connectivity index (χ4v) is 3.45. The second-order valence-electron chi connectivity index (χ2n) is 8.00. The van der Waals surface area contributed by atoms with Crippen molar-refractivity contribution in [2.45, 2.75) is 31.6 Å². The van der Waals surface area contributed by atoms with Crippen LogP contribution >= 0.6 is 0 Å². The molecular weight excluding hydrogens is 462 g/mol. The van der Waals surface area contributed by atoms with Gasteiger partial charge in [-0.05, 0) is 47.5 Å². The Morgan fingerprint density at radius 1 is 0.706 bits per heavy atom. The summed E-state index contributed by atoms with van der Waals surface area (Å²) >= 11 is 0. The molecule has 0 aliphatic heterocycles. The topological polar surface area (TPSA) is 35.5 Å². The lowest BCUT2D eigenvalue weighted by atomic mass is 9.77. The third-order valence-electron chi connectivity index (χ3n) is 5.45. The maximum absolute atomic E-state index is 13.8. The van der Waals surface area contributed by atoms with Crippen LogP contribution in [0.25, 0.3) is 0 Å². The van der Waals surface area contributed by atoms with E-state index in [0.29, 0.717) is 0 Å². The predicted octanol–water partition coefficient (Wildman–Crippen LogP) is 7.28. The molecule has 0 saturated carbocycles. The lowest BCUT2D eigenvalue weighted by molar-refractivity contribution is -0.139. The molecule has 9 heteroatoms. The van der Waals surface area contributed by atoms with Gasteiger partial charge in [0.15, 0.2) is 0 Å². The van der Waals surface area contributed by atoms with E-state index in [9.17, 15) is 31.1 Å². The Morgan fingerprint density at radius 3 is 1.65 bits per heavy atom. The Balaban J connectivity index is 2.06. The van der Waals surface area contributed by atoms with E-state index in [0.717, 1.165) is 31.4 Å². The minimum absolute atomic E-state index is 0.0675. The molecule has 3 rings (SSSR count). The number of alkyl halides is 6. The van der Waals surface area contributed by atoms with Crippen molar-refractivity contribution in [2.24, 2.45) is 0 Å². The molecule has 0 aliphatic carbocycles. The van der Waals surface area contributed by atoms with E-state index in [1.807, 2.05) is 0 Å². The molecule has 0 saturated heterocycles. The predicted molar refractivity (Wildman–Crippen MR) is 113 cm³/mol.